The Kier molecular flexibility index (Phi) is 11.0. The third kappa shape index (κ3) is 8.59. The lowest BCUT2D eigenvalue weighted by Crippen LogP contribution is -2.37. The molecule has 1 aliphatic carbocycles. The second-order valence-electron chi connectivity index (χ2n) is 10.2. The van der Waals surface area contributed by atoms with Crippen molar-refractivity contribution in [2.75, 3.05) is 33.7 Å². The minimum absolute atomic E-state index is 0.0871. The molecule has 190 valence electrons. The minimum Gasteiger partial charge on any atom is -0.359 e. The fraction of sp³-hybridized carbons (Fsp3) is 0.621. The van der Waals surface area contributed by atoms with Crippen molar-refractivity contribution < 1.29 is 14.4 Å². The van der Waals surface area contributed by atoms with Crippen LogP contribution in [0.1, 0.15) is 79.3 Å². The Morgan fingerprint density at radius 3 is 2.57 bits per heavy atom. The SMILES string of the molecule is CNC(=O)CCC(C=O)N(C)Cc1cc(C#CC2CCN(CC3CCCCC3)CC2)ccc1C=O. The van der Waals surface area contributed by atoms with Crippen LogP contribution in [0.2, 0.25) is 0 Å². The summed E-state index contributed by atoms with van der Waals surface area (Å²) in [6, 6.07) is 5.29. The number of carbonyl (C=O) groups excluding carboxylic acids is 3. The van der Waals surface area contributed by atoms with Crippen LogP contribution >= 0.6 is 0 Å². The highest BCUT2D eigenvalue weighted by atomic mass is 16.1. The van der Waals surface area contributed by atoms with Crippen molar-refractivity contribution in [3.05, 3.63) is 34.9 Å². The number of hydrogen-bond donors (Lipinski definition) is 1. The summed E-state index contributed by atoms with van der Waals surface area (Å²) >= 11 is 0. The van der Waals surface area contributed by atoms with E-state index in [9.17, 15) is 14.4 Å². The summed E-state index contributed by atoms with van der Waals surface area (Å²) in [6.07, 6.45) is 11.7. The minimum atomic E-state index is -0.389. The first kappa shape index (κ1) is 27.1. The molecule has 0 radical (unpaired) electrons. The van der Waals surface area contributed by atoms with E-state index in [1.807, 2.05) is 30.1 Å². The molecule has 1 saturated heterocycles. The molecule has 35 heavy (non-hydrogen) atoms. The molecule has 2 aliphatic rings. The Morgan fingerprint density at radius 2 is 1.91 bits per heavy atom. The molecule has 1 aliphatic heterocycles. The number of rotatable bonds is 10. The first-order valence-corrected chi connectivity index (χ1v) is 13.2. The zero-order valence-electron chi connectivity index (χ0n) is 21.4. The van der Waals surface area contributed by atoms with E-state index >= 15 is 0 Å². The summed E-state index contributed by atoms with van der Waals surface area (Å²) in [4.78, 5) is 39.3. The van der Waals surface area contributed by atoms with Gasteiger partial charge in [0.2, 0.25) is 5.91 Å². The maximum Gasteiger partial charge on any atom is 0.219 e. The topological polar surface area (TPSA) is 69.7 Å². The van der Waals surface area contributed by atoms with Gasteiger partial charge in [-0.3, -0.25) is 14.5 Å². The van der Waals surface area contributed by atoms with Gasteiger partial charge in [-0.05, 0) is 75.9 Å². The van der Waals surface area contributed by atoms with E-state index in [1.54, 1.807) is 7.05 Å². The van der Waals surface area contributed by atoms with Gasteiger partial charge in [0.1, 0.15) is 12.6 Å². The van der Waals surface area contributed by atoms with Crippen molar-refractivity contribution in [1.29, 1.82) is 0 Å². The van der Waals surface area contributed by atoms with Crippen LogP contribution in [0.4, 0.5) is 0 Å². The number of aldehydes is 2. The molecule has 0 aromatic heterocycles. The maximum absolute atomic E-state index is 11.6. The monoisotopic (exact) mass is 479 g/mol. The van der Waals surface area contributed by atoms with Crippen molar-refractivity contribution in [3.63, 3.8) is 0 Å². The highest BCUT2D eigenvalue weighted by Gasteiger charge is 2.22. The lowest BCUT2D eigenvalue weighted by Gasteiger charge is -2.34. The molecule has 1 unspecified atom stereocenters. The van der Waals surface area contributed by atoms with E-state index in [2.05, 4.69) is 22.1 Å². The third-order valence-corrected chi connectivity index (χ3v) is 7.61. The average Bonchev–Trinajstić information content (AvgIpc) is 2.89. The first-order chi connectivity index (χ1) is 17.0. The molecule has 0 spiro atoms. The highest BCUT2D eigenvalue weighted by Crippen LogP contribution is 2.26. The number of nitrogens with one attached hydrogen (secondary N) is 1. The second-order valence-corrected chi connectivity index (χ2v) is 10.2. The molecule has 1 aromatic carbocycles. The predicted octanol–water partition coefficient (Wildman–Crippen LogP) is 3.67. The molecule has 1 atom stereocenters. The summed E-state index contributed by atoms with van der Waals surface area (Å²) < 4.78 is 0. The van der Waals surface area contributed by atoms with Gasteiger partial charge < -0.3 is 15.0 Å². The number of hydrogen-bond acceptors (Lipinski definition) is 5. The van der Waals surface area contributed by atoms with Gasteiger partial charge in [0.05, 0.1) is 6.04 Å². The molecule has 2 fully saturated rings. The summed E-state index contributed by atoms with van der Waals surface area (Å²) in [7, 11) is 3.43. The van der Waals surface area contributed by atoms with Crippen molar-refractivity contribution in [1.82, 2.24) is 15.1 Å². The summed E-state index contributed by atoms with van der Waals surface area (Å²) in [6.45, 7) is 3.98. The smallest absolute Gasteiger partial charge is 0.219 e. The van der Waals surface area contributed by atoms with Gasteiger partial charge in [-0.25, -0.2) is 0 Å². The number of likely N-dealkylation sites (tertiary alicyclic amines) is 1. The van der Waals surface area contributed by atoms with Gasteiger partial charge in [-0.2, -0.15) is 0 Å². The molecular formula is C29H41N3O3. The largest absolute Gasteiger partial charge is 0.359 e. The average molecular weight is 480 g/mol. The summed E-state index contributed by atoms with van der Waals surface area (Å²) in [5, 5.41) is 2.58. The molecule has 1 heterocycles. The molecular weight excluding hydrogens is 438 g/mol. The van der Waals surface area contributed by atoms with Crippen LogP contribution in [0.3, 0.4) is 0 Å². The zero-order valence-corrected chi connectivity index (χ0v) is 21.4. The van der Waals surface area contributed by atoms with Crippen molar-refractivity contribution in [2.45, 2.75) is 70.4 Å². The number of carbonyl (C=O) groups is 3. The first-order valence-electron chi connectivity index (χ1n) is 13.2. The van der Waals surface area contributed by atoms with E-state index < -0.39 is 0 Å². The van der Waals surface area contributed by atoms with E-state index in [0.29, 0.717) is 24.4 Å². The van der Waals surface area contributed by atoms with Crippen molar-refractivity contribution in [2.24, 2.45) is 11.8 Å². The Balaban J connectivity index is 1.56. The number of nitrogens with zero attached hydrogens (tertiary/aromatic N) is 2. The Morgan fingerprint density at radius 1 is 1.17 bits per heavy atom. The quantitative estimate of drug-likeness (QED) is 0.410. The number of piperidine rings is 1. The molecule has 1 aromatic rings. The molecule has 1 saturated carbocycles. The van der Waals surface area contributed by atoms with Gasteiger partial charge in [0.25, 0.3) is 0 Å². The van der Waals surface area contributed by atoms with Crippen LogP contribution in [0, 0.1) is 23.7 Å². The Labute approximate surface area is 210 Å². The zero-order chi connectivity index (χ0) is 25.0. The number of likely N-dealkylation sites (N-methyl/N-ethyl adjacent to an activating group) is 1. The lowest BCUT2D eigenvalue weighted by atomic mass is 9.88. The molecule has 1 amide bonds. The van der Waals surface area contributed by atoms with Crippen LogP contribution in [0.15, 0.2) is 18.2 Å². The molecule has 1 N–H and O–H groups in total. The predicted molar refractivity (Wildman–Crippen MR) is 139 cm³/mol. The molecule has 6 nitrogen and oxygen atoms in total. The Hall–Kier alpha value is -2.49. The fourth-order valence-corrected chi connectivity index (χ4v) is 5.30. The summed E-state index contributed by atoms with van der Waals surface area (Å²) in [5.74, 6) is 8.03. The number of benzene rings is 1. The van der Waals surface area contributed by atoms with Crippen molar-refractivity contribution >= 4 is 18.5 Å². The normalized spacial score (nSPS) is 18.5. The van der Waals surface area contributed by atoms with Gasteiger partial charge >= 0.3 is 0 Å². The highest BCUT2D eigenvalue weighted by molar-refractivity contribution is 5.78. The van der Waals surface area contributed by atoms with Crippen LogP contribution in [-0.2, 0) is 16.1 Å². The van der Waals surface area contributed by atoms with Gasteiger partial charge in [0.15, 0.2) is 0 Å². The summed E-state index contributed by atoms with van der Waals surface area (Å²) in [5.41, 5.74) is 2.36. The fourth-order valence-electron chi connectivity index (χ4n) is 5.30. The van der Waals surface area contributed by atoms with E-state index in [0.717, 1.165) is 55.5 Å². The van der Waals surface area contributed by atoms with E-state index in [1.165, 1.54) is 38.6 Å². The maximum atomic E-state index is 11.6. The lowest BCUT2D eigenvalue weighted by molar-refractivity contribution is -0.121. The van der Waals surface area contributed by atoms with Crippen molar-refractivity contribution in [3.8, 4) is 11.8 Å². The molecule has 3 rings (SSSR count). The van der Waals surface area contributed by atoms with Crippen LogP contribution in [-0.4, -0.2) is 68.1 Å². The van der Waals surface area contributed by atoms with Crippen LogP contribution in [0.5, 0.6) is 0 Å². The second kappa shape index (κ2) is 14.2. The standard InChI is InChI=1S/C29H41N3O3/c1-30-29(35)13-12-28(22-34)31(2)20-27-18-24(10-11-26(27)21-33)9-8-23-14-16-32(17-15-23)19-25-6-4-3-5-7-25/h10-11,18,21-23,25,28H,3-7,12-17,19-20H2,1-2H3,(H,30,35). The van der Waals surface area contributed by atoms with Gasteiger partial charge in [-0.1, -0.05) is 37.2 Å². The van der Waals surface area contributed by atoms with Crippen LogP contribution in [0.25, 0.3) is 0 Å². The van der Waals surface area contributed by atoms with Gasteiger partial charge in [-0.15, -0.1) is 0 Å². The Bertz CT molecular complexity index is 905. The molecule has 6 heteroatoms. The third-order valence-electron chi connectivity index (χ3n) is 7.61. The van der Waals surface area contributed by atoms with Crippen LogP contribution < -0.4 is 5.32 Å². The van der Waals surface area contributed by atoms with E-state index in [4.69, 9.17) is 0 Å². The van der Waals surface area contributed by atoms with E-state index in [-0.39, 0.29) is 18.4 Å². The number of amides is 1. The van der Waals surface area contributed by atoms with Gasteiger partial charge in [0, 0.05) is 43.6 Å². The molecule has 0 bridgehead atoms.